The maximum atomic E-state index is 0. The fourth-order valence-electron chi connectivity index (χ4n) is 0. The SMILES string of the molecule is S.S.S.[Sb].[Sb]. The maximum absolute atomic E-state index is 0. The average molecular weight is 346 g/mol. The van der Waals surface area contributed by atoms with E-state index in [4.69, 9.17) is 0 Å². The summed E-state index contributed by atoms with van der Waals surface area (Å²) in [5.74, 6) is 0. The molecule has 0 amide bonds. The normalized spacial score (nSPS) is 0. The second-order valence-corrected chi connectivity index (χ2v) is 0. The summed E-state index contributed by atoms with van der Waals surface area (Å²) >= 11 is 0. The van der Waals surface area contributed by atoms with E-state index in [1.807, 2.05) is 0 Å². The van der Waals surface area contributed by atoms with E-state index in [1.54, 1.807) is 0 Å². The van der Waals surface area contributed by atoms with Crippen LogP contribution in [0.1, 0.15) is 0 Å². The zero-order chi connectivity index (χ0) is 0. The summed E-state index contributed by atoms with van der Waals surface area (Å²) < 4.78 is 0. The molecule has 0 spiro atoms. The van der Waals surface area contributed by atoms with Crippen LogP contribution in [0, 0.1) is 0 Å². The molecule has 0 rings (SSSR count). The molecule has 5 heavy (non-hydrogen) atoms. The first kappa shape index (κ1) is 47.6. The monoisotopic (exact) mass is 344 g/mol. The molecule has 34 valence electrons. The second-order valence-electron chi connectivity index (χ2n) is 0. The van der Waals surface area contributed by atoms with Gasteiger partial charge in [0.15, 0.2) is 0 Å². The number of hydrogen-bond donors (Lipinski definition) is 0. The summed E-state index contributed by atoms with van der Waals surface area (Å²) in [6.45, 7) is 0. The van der Waals surface area contributed by atoms with Crippen LogP contribution in [0.2, 0.25) is 0 Å². The number of hydrogen-bond acceptors (Lipinski definition) is 0. The van der Waals surface area contributed by atoms with E-state index in [9.17, 15) is 0 Å². The molecule has 5 heteroatoms. The number of rotatable bonds is 0. The first-order valence-corrected chi connectivity index (χ1v) is 0. The largest absolute Gasteiger partial charge is 0.197 e. The molecule has 0 atom stereocenters. The van der Waals surface area contributed by atoms with Crippen molar-refractivity contribution in [3.8, 4) is 0 Å². The summed E-state index contributed by atoms with van der Waals surface area (Å²) in [6, 6.07) is 0. The first-order valence-electron chi connectivity index (χ1n) is 0. The van der Waals surface area contributed by atoms with E-state index >= 15 is 0 Å². The van der Waals surface area contributed by atoms with Gasteiger partial charge >= 0.3 is 0 Å². The molecule has 0 unspecified atom stereocenters. The molecule has 0 aliphatic carbocycles. The molecule has 0 N–H and O–H groups in total. The minimum absolute atomic E-state index is 0. The smallest absolute Gasteiger partial charge is 0 e. The minimum Gasteiger partial charge on any atom is -0.197 e. The van der Waals surface area contributed by atoms with Crippen LogP contribution in [0.4, 0.5) is 0 Å². The van der Waals surface area contributed by atoms with Gasteiger partial charge in [-0.1, -0.05) is 0 Å². The average Bonchev–Trinajstić information content (AvgIpc) is 0. The standard InChI is InChI=1S/3H2S.2Sb/h3*1H2;;. The molecule has 0 heterocycles. The van der Waals surface area contributed by atoms with Crippen molar-refractivity contribution in [3.05, 3.63) is 0 Å². The molecule has 6 radical (unpaired) electrons. The Morgan fingerprint density at radius 3 is 0.400 bits per heavy atom. The van der Waals surface area contributed by atoms with Crippen LogP contribution < -0.4 is 0 Å². The molecular weight excluding hydrogens is 340 g/mol. The van der Waals surface area contributed by atoms with E-state index in [-0.39, 0.29) is 89.3 Å². The van der Waals surface area contributed by atoms with Crippen LogP contribution in [0.25, 0.3) is 0 Å². The Labute approximate surface area is 88.1 Å². The van der Waals surface area contributed by atoms with E-state index in [2.05, 4.69) is 0 Å². The van der Waals surface area contributed by atoms with Crippen molar-refractivity contribution in [1.29, 1.82) is 0 Å². The van der Waals surface area contributed by atoms with Crippen molar-refractivity contribution in [2.75, 3.05) is 0 Å². The van der Waals surface area contributed by atoms with Crippen molar-refractivity contribution < 1.29 is 0 Å². The molecule has 0 aliphatic rings. The summed E-state index contributed by atoms with van der Waals surface area (Å²) in [5.41, 5.74) is 0. The summed E-state index contributed by atoms with van der Waals surface area (Å²) in [7, 11) is 0. The summed E-state index contributed by atoms with van der Waals surface area (Å²) in [5, 5.41) is 0. The molecule has 0 aromatic carbocycles. The van der Waals surface area contributed by atoms with Gasteiger partial charge in [0.05, 0.1) is 0 Å². The Hall–Kier alpha value is 2.69. The Morgan fingerprint density at radius 1 is 0.400 bits per heavy atom. The third kappa shape index (κ3) is 20.3. The zero-order valence-electron chi connectivity index (χ0n) is 2.39. The van der Waals surface area contributed by atoms with Crippen LogP contribution >= 0.6 is 40.5 Å². The minimum atomic E-state index is 0. The van der Waals surface area contributed by atoms with Gasteiger partial charge in [-0.2, -0.15) is 40.5 Å². The van der Waals surface area contributed by atoms with Crippen LogP contribution in [-0.2, 0) is 0 Å². The van der Waals surface area contributed by atoms with Crippen LogP contribution in [0.5, 0.6) is 0 Å². The third-order valence-corrected chi connectivity index (χ3v) is 0. The molecular formula is H6S3Sb2. The van der Waals surface area contributed by atoms with Gasteiger partial charge in [0.2, 0.25) is 0 Å². The molecule has 0 aromatic heterocycles. The van der Waals surface area contributed by atoms with E-state index in [0.717, 1.165) is 0 Å². The molecule has 0 nitrogen and oxygen atoms in total. The van der Waals surface area contributed by atoms with Crippen molar-refractivity contribution in [2.24, 2.45) is 0 Å². The summed E-state index contributed by atoms with van der Waals surface area (Å²) in [4.78, 5) is 0. The van der Waals surface area contributed by atoms with Crippen LogP contribution in [0.15, 0.2) is 0 Å². The van der Waals surface area contributed by atoms with Gasteiger partial charge in [0, 0.05) is 48.9 Å². The summed E-state index contributed by atoms with van der Waals surface area (Å²) in [6.07, 6.45) is 0. The molecule has 0 saturated heterocycles. The topological polar surface area (TPSA) is 0 Å². The molecule has 0 saturated carbocycles. The van der Waals surface area contributed by atoms with Crippen LogP contribution in [0.3, 0.4) is 0 Å². The Morgan fingerprint density at radius 2 is 0.400 bits per heavy atom. The fourth-order valence-corrected chi connectivity index (χ4v) is 0. The van der Waals surface area contributed by atoms with Gasteiger partial charge in [-0.05, 0) is 0 Å². The van der Waals surface area contributed by atoms with E-state index < -0.39 is 0 Å². The third-order valence-electron chi connectivity index (χ3n) is 0. The maximum Gasteiger partial charge on any atom is 0 e. The van der Waals surface area contributed by atoms with Gasteiger partial charge in [0.25, 0.3) is 0 Å². The van der Waals surface area contributed by atoms with E-state index in [1.165, 1.54) is 0 Å². The van der Waals surface area contributed by atoms with Gasteiger partial charge < -0.3 is 0 Å². The Bertz CT molecular complexity index is 4.85. The van der Waals surface area contributed by atoms with Gasteiger partial charge in [-0.15, -0.1) is 0 Å². The quantitative estimate of drug-likeness (QED) is 0.523. The first-order chi connectivity index (χ1) is 0. The molecule has 0 bridgehead atoms. The van der Waals surface area contributed by atoms with Crippen LogP contribution in [-0.4, -0.2) is 48.9 Å². The van der Waals surface area contributed by atoms with E-state index in [0.29, 0.717) is 0 Å². The Balaban J connectivity index is 0. The van der Waals surface area contributed by atoms with Crippen molar-refractivity contribution in [1.82, 2.24) is 0 Å². The van der Waals surface area contributed by atoms with Crippen molar-refractivity contribution in [2.45, 2.75) is 0 Å². The second kappa shape index (κ2) is 30.0. The van der Waals surface area contributed by atoms with Gasteiger partial charge in [-0.25, -0.2) is 0 Å². The predicted octanol–water partition coefficient (Wildman–Crippen LogP) is -0.423. The zero-order valence-corrected chi connectivity index (χ0v) is 10.5. The van der Waals surface area contributed by atoms with Crippen molar-refractivity contribution in [3.63, 3.8) is 0 Å². The van der Waals surface area contributed by atoms with Gasteiger partial charge in [-0.3, -0.25) is 0 Å². The Kier molecular flexibility index (Phi) is 285. The molecule has 0 aromatic rings. The predicted molar refractivity (Wildman–Crippen MR) is 42.7 cm³/mol. The fraction of sp³-hybridized carbons (Fsp3) is 0. The molecule has 0 aliphatic heterocycles. The van der Waals surface area contributed by atoms with Gasteiger partial charge in [0.1, 0.15) is 0 Å². The van der Waals surface area contributed by atoms with Crippen molar-refractivity contribution >= 4 is 89.3 Å². The molecule has 0 fully saturated rings.